The Balaban J connectivity index is 0.00000182. The number of rotatable bonds is 2. The van der Waals surface area contributed by atoms with E-state index in [0.29, 0.717) is 30.0 Å². The van der Waals surface area contributed by atoms with Gasteiger partial charge in [0.1, 0.15) is 11.5 Å². The molecule has 0 radical (unpaired) electrons. The first-order valence-electron chi connectivity index (χ1n) is 8.59. The third kappa shape index (κ3) is 3.32. The van der Waals surface area contributed by atoms with E-state index in [1.54, 1.807) is 12.1 Å². The largest absolute Gasteiger partial charge is 1.00 e. The SMILES string of the molecule is C[C@]12CCC3c4ccc(OS(=O)(=O)[O-])cc4CCC3C1CCC2=O.[Na+]. The van der Waals surface area contributed by atoms with Crippen LogP contribution in [-0.4, -0.2) is 18.8 Å². The van der Waals surface area contributed by atoms with Crippen molar-refractivity contribution in [2.45, 2.75) is 51.4 Å². The molecule has 130 valence electrons. The van der Waals surface area contributed by atoms with E-state index in [2.05, 4.69) is 11.1 Å². The number of fused-ring (bicyclic) bond motifs is 5. The van der Waals surface area contributed by atoms with Crippen LogP contribution in [0.3, 0.4) is 0 Å². The van der Waals surface area contributed by atoms with Crippen molar-refractivity contribution in [3.8, 4) is 5.75 Å². The summed E-state index contributed by atoms with van der Waals surface area (Å²) in [5, 5.41) is 0. The van der Waals surface area contributed by atoms with E-state index in [4.69, 9.17) is 0 Å². The zero-order chi connectivity index (χ0) is 17.1. The fourth-order valence-electron chi connectivity index (χ4n) is 5.50. The number of benzene rings is 1. The smallest absolute Gasteiger partial charge is 0.716 e. The van der Waals surface area contributed by atoms with Crippen LogP contribution in [0.15, 0.2) is 18.2 Å². The molecule has 4 rings (SSSR count). The Labute approximate surface area is 170 Å². The molecule has 3 aliphatic carbocycles. The van der Waals surface area contributed by atoms with Crippen LogP contribution in [0, 0.1) is 17.3 Å². The van der Waals surface area contributed by atoms with E-state index in [1.807, 2.05) is 6.07 Å². The maximum atomic E-state index is 12.3. The minimum absolute atomic E-state index is 0. The summed E-state index contributed by atoms with van der Waals surface area (Å²) in [7, 11) is -4.74. The number of carbonyl (C=O) groups excluding carboxylic acids is 1. The number of hydrogen-bond donors (Lipinski definition) is 0. The fraction of sp³-hybridized carbons (Fsp3) is 0.611. The minimum Gasteiger partial charge on any atom is -0.716 e. The number of aryl methyl sites for hydroxylation is 1. The molecule has 1 aromatic carbocycles. The van der Waals surface area contributed by atoms with Crippen LogP contribution < -0.4 is 33.7 Å². The second kappa shape index (κ2) is 6.64. The average Bonchev–Trinajstić information content (AvgIpc) is 2.81. The van der Waals surface area contributed by atoms with Gasteiger partial charge in [0.2, 0.25) is 0 Å². The summed E-state index contributed by atoms with van der Waals surface area (Å²) in [6.07, 6.45) is 5.50. The zero-order valence-corrected chi connectivity index (χ0v) is 17.5. The number of Topliss-reactive ketones (excluding diaryl/α,β-unsaturated/α-hetero) is 1. The van der Waals surface area contributed by atoms with Crippen LogP contribution in [0.4, 0.5) is 0 Å². The molecule has 5 nitrogen and oxygen atoms in total. The number of hydrogen-bond acceptors (Lipinski definition) is 5. The van der Waals surface area contributed by atoms with E-state index in [1.165, 1.54) is 5.56 Å². The van der Waals surface area contributed by atoms with Crippen LogP contribution in [0.25, 0.3) is 0 Å². The second-order valence-corrected chi connectivity index (χ2v) is 8.67. The molecular formula is C18H21NaO5S. The predicted octanol–water partition coefficient (Wildman–Crippen LogP) is -0.0452. The molecule has 0 spiro atoms. The summed E-state index contributed by atoms with van der Waals surface area (Å²) in [6.45, 7) is 2.15. The zero-order valence-electron chi connectivity index (χ0n) is 14.7. The van der Waals surface area contributed by atoms with Gasteiger partial charge in [0.15, 0.2) is 0 Å². The van der Waals surface area contributed by atoms with Crippen LogP contribution in [0.5, 0.6) is 5.75 Å². The van der Waals surface area contributed by atoms with E-state index in [-0.39, 0.29) is 40.7 Å². The molecule has 0 saturated heterocycles. The molecule has 25 heavy (non-hydrogen) atoms. The van der Waals surface area contributed by atoms with Crippen molar-refractivity contribution in [2.75, 3.05) is 0 Å². The standard InChI is InChI=1S/C18H22O5S.Na/c1-18-9-8-14-13-5-3-12(23-24(20,21)22)10-11(13)2-4-15(14)16(18)6-7-17(18)19;/h3,5,10,14-16H,2,4,6-9H2,1H3,(H,20,21,22);/q;+1/p-1/t14?,15?,16?,18-;/m0./s1. The van der Waals surface area contributed by atoms with Crippen LogP contribution in [-0.2, 0) is 21.6 Å². The molecule has 1 aromatic rings. The normalized spacial score (nSPS) is 33.7. The third-order valence-corrected chi connectivity index (χ3v) is 7.00. The molecule has 2 saturated carbocycles. The maximum absolute atomic E-state index is 12.3. The first kappa shape index (κ1) is 19.4. The van der Waals surface area contributed by atoms with Crippen molar-refractivity contribution in [1.82, 2.24) is 0 Å². The van der Waals surface area contributed by atoms with Crippen LogP contribution in [0.1, 0.15) is 56.1 Å². The van der Waals surface area contributed by atoms with Crippen molar-refractivity contribution in [2.24, 2.45) is 17.3 Å². The molecule has 3 aliphatic rings. The van der Waals surface area contributed by atoms with Gasteiger partial charge in [-0.05, 0) is 73.1 Å². The van der Waals surface area contributed by atoms with Crippen LogP contribution in [0.2, 0.25) is 0 Å². The monoisotopic (exact) mass is 372 g/mol. The molecule has 0 amide bonds. The summed E-state index contributed by atoms with van der Waals surface area (Å²) in [5.41, 5.74) is 2.17. The molecule has 7 heteroatoms. The fourth-order valence-corrected chi connectivity index (χ4v) is 5.84. The Morgan fingerprint density at radius 3 is 2.68 bits per heavy atom. The summed E-state index contributed by atoms with van der Waals surface area (Å²) < 4.78 is 36.8. The molecular weight excluding hydrogens is 351 g/mol. The van der Waals surface area contributed by atoms with Gasteiger partial charge in [-0.1, -0.05) is 13.0 Å². The van der Waals surface area contributed by atoms with Gasteiger partial charge >= 0.3 is 29.6 Å². The quantitative estimate of drug-likeness (QED) is 0.413. The Bertz CT molecular complexity index is 806. The molecule has 3 unspecified atom stereocenters. The average molecular weight is 372 g/mol. The van der Waals surface area contributed by atoms with E-state index in [0.717, 1.165) is 37.7 Å². The van der Waals surface area contributed by atoms with E-state index in [9.17, 15) is 17.8 Å². The summed E-state index contributed by atoms with van der Waals surface area (Å²) >= 11 is 0. The first-order chi connectivity index (χ1) is 11.3. The van der Waals surface area contributed by atoms with Gasteiger partial charge in [-0.2, -0.15) is 0 Å². The topological polar surface area (TPSA) is 83.5 Å². The Kier molecular flexibility index (Phi) is 5.14. The Morgan fingerprint density at radius 1 is 1.20 bits per heavy atom. The van der Waals surface area contributed by atoms with Gasteiger partial charge in [0.05, 0.1) is 0 Å². The molecule has 0 N–H and O–H groups in total. The number of carbonyl (C=O) groups is 1. The predicted molar refractivity (Wildman–Crippen MR) is 86.4 cm³/mol. The summed E-state index contributed by atoms with van der Waals surface area (Å²) in [6, 6.07) is 5.17. The van der Waals surface area contributed by atoms with Gasteiger partial charge in [-0.3, -0.25) is 4.79 Å². The molecule has 4 atom stereocenters. The minimum atomic E-state index is -4.74. The Morgan fingerprint density at radius 2 is 1.96 bits per heavy atom. The second-order valence-electron chi connectivity index (χ2n) is 7.69. The van der Waals surface area contributed by atoms with E-state index < -0.39 is 10.4 Å². The first-order valence-corrected chi connectivity index (χ1v) is 9.93. The molecule has 0 bridgehead atoms. The molecule has 2 fully saturated rings. The van der Waals surface area contributed by atoms with Crippen molar-refractivity contribution in [3.05, 3.63) is 29.3 Å². The van der Waals surface area contributed by atoms with Crippen molar-refractivity contribution in [3.63, 3.8) is 0 Å². The third-order valence-electron chi connectivity index (χ3n) is 6.61. The van der Waals surface area contributed by atoms with Gasteiger partial charge in [-0.25, -0.2) is 8.42 Å². The van der Waals surface area contributed by atoms with Crippen molar-refractivity contribution in [1.29, 1.82) is 0 Å². The van der Waals surface area contributed by atoms with Gasteiger partial charge < -0.3 is 8.74 Å². The van der Waals surface area contributed by atoms with E-state index >= 15 is 0 Å². The van der Waals surface area contributed by atoms with Gasteiger partial charge in [0, 0.05) is 11.8 Å². The maximum Gasteiger partial charge on any atom is 1.00 e. The summed E-state index contributed by atoms with van der Waals surface area (Å²) in [5.74, 6) is 1.95. The van der Waals surface area contributed by atoms with Crippen LogP contribution >= 0.6 is 0 Å². The molecule has 0 aliphatic heterocycles. The van der Waals surface area contributed by atoms with Crippen molar-refractivity contribution < 1.29 is 51.5 Å². The van der Waals surface area contributed by atoms with Gasteiger partial charge in [0.25, 0.3) is 10.4 Å². The van der Waals surface area contributed by atoms with Gasteiger partial charge in [-0.15, -0.1) is 0 Å². The molecule has 0 aromatic heterocycles. The molecule has 0 heterocycles. The van der Waals surface area contributed by atoms with Crippen molar-refractivity contribution >= 4 is 16.2 Å². The number of ketones is 1. The summed E-state index contributed by atoms with van der Waals surface area (Å²) in [4.78, 5) is 12.3. The Hall–Kier alpha value is -0.400.